The fourth-order valence-electron chi connectivity index (χ4n) is 2.15. The van der Waals surface area contributed by atoms with Gasteiger partial charge in [0.25, 0.3) is 0 Å². The minimum Gasteiger partial charge on any atom is -0.491 e. The summed E-state index contributed by atoms with van der Waals surface area (Å²) in [6, 6.07) is 9.66. The molecule has 2 N–H and O–H groups in total. The monoisotopic (exact) mass is 329 g/mol. The number of anilines is 3. The van der Waals surface area contributed by atoms with Gasteiger partial charge in [-0.3, -0.25) is 0 Å². The molecule has 2 aromatic rings. The van der Waals surface area contributed by atoms with Crippen LogP contribution in [-0.4, -0.2) is 48.2 Å². The Kier molecular flexibility index (Phi) is 6.81. The molecule has 0 spiro atoms. The third kappa shape index (κ3) is 6.42. The van der Waals surface area contributed by atoms with Crippen molar-refractivity contribution in [3.8, 4) is 5.75 Å². The van der Waals surface area contributed by atoms with Gasteiger partial charge >= 0.3 is 0 Å². The van der Waals surface area contributed by atoms with E-state index in [1.807, 2.05) is 44.2 Å². The highest BCUT2D eigenvalue weighted by Crippen LogP contribution is 2.19. The van der Waals surface area contributed by atoms with Gasteiger partial charge in [-0.15, -0.1) is 0 Å². The molecule has 0 aliphatic rings. The molecular formula is C18H27N5O. The molecule has 0 radical (unpaired) electrons. The van der Waals surface area contributed by atoms with E-state index in [1.165, 1.54) is 0 Å². The number of rotatable bonds is 9. The van der Waals surface area contributed by atoms with Crippen LogP contribution in [0.15, 0.2) is 36.5 Å². The van der Waals surface area contributed by atoms with Gasteiger partial charge in [0.1, 0.15) is 11.6 Å². The molecule has 1 aromatic heterocycles. The van der Waals surface area contributed by atoms with E-state index in [2.05, 4.69) is 39.6 Å². The summed E-state index contributed by atoms with van der Waals surface area (Å²) in [6.07, 6.45) is 2.99. The van der Waals surface area contributed by atoms with Crippen molar-refractivity contribution in [2.75, 3.05) is 37.8 Å². The number of benzene rings is 1. The maximum Gasteiger partial charge on any atom is 0.229 e. The molecule has 0 fully saturated rings. The van der Waals surface area contributed by atoms with E-state index in [9.17, 15) is 0 Å². The Morgan fingerprint density at radius 1 is 1.12 bits per heavy atom. The molecule has 6 nitrogen and oxygen atoms in total. The third-order valence-electron chi connectivity index (χ3n) is 3.23. The Morgan fingerprint density at radius 2 is 1.88 bits per heavy atom. The van der Waals surface area contributed by atoms with Crippen molar-refractivity contribution in [3.05, 3.63) is 36.5 Å². The number of hydrogen-bond acceptors (Lipinski definition) is 6. The van der Waals surface area contributed by atoms with Crippen molar-refractivity contribution in [2.24, 2.45) is 0 Å². The van der Waals surface area contributed by atoms with Gasteiger partial charge in [0, 0.05) is 18.4 Å². The van der Waals surface area contributed by atoms with Crippen LogP contribution in [0.4, 0.5) is 17.5 Å². The molecule has 0 saturated heterocycles. The summed E-state index contributed by atoms with van der Waals surface area (Å²) in [4.78, 5) is 10.9. The van der Waals surface area contributed by atoms with Crippen LogP contribution in [0.5, 0.6) is 5.75 Å². The number of aromatic nitrogens is 2. The lowest BCUT2D eigenvalue weighted by molar-refractivity contribution is 0.242. The van der Waals surface area contributed by atoms with Gasteiger partial charge in [0.2, 0.25) is 5.95 Å². The average Bonchev–Trinajstić information content (AvgIpc) is 2.53. The van der Waals surface area contributed by atoms with E-state index in [0.717, 1.165) is 36.8 Å². The SMILES string of the molecule is CC(C)Oc1ccc(Nc2nccc(NCCCN(C)C)n2)cc1. The molecular weight excluding hydrogens is 302 g/mol. The lowest BCUT2D eigenvalue weighted by Crippen LogP contribution is -2.16. The Bertz CT molecular complexity index is 613. The quantitative estimate of drug-likeness (QED) is 0.688. The first-order valence-corrected chi connectivity index (χ1v) is 8.28. The molecule has 0 unspecified atom stereocenters. The van der Waals surface area contributed by atoms with Gasteiger partial charge in [0.05, 0.1) is 6.10 Å². The molecule has 24 heavy (non-hydrogen) atoms. The van der Waals surface area contributed by atoms with Gasteiger partial charge in [-0.25, -0.2) is 4.98 Å². The standard InChI is InChI=1S/C18H27N5O/c1-14(2)24-16-8-6-15(7-9-16)21-18-20-12-10-17(22-18)19-11-5-13-23(3)4/h6-10,12,14H,5,11,13H2,1-4H3,(H2,19,20,21,22). The summed E-state index contributed by atoms with van der Waals surface area (Å²) in [5.74, 6) is 2.25. The first kappa shape index (κ1) is 18.0. The summed E-state index contributed by atoms with van der Waals surface area (Å²) in [5, 5.41) is 6.53. The minimum atomic E-state index is 0.169. The summed E-state index contributed by atoms with van der Waals surface area (Å²) >= 11 is 0. The predicted octanol–water partition coefficient (Wildman–Crippen LogP) is 3.37. The van der Waals surface area contributed by atoms with Gasteiger partial charge in [-0.2, -0.15) is 4.98 Å². The van der Waals surface area contributed by atoms with Crippen molar-refractivity contribution in [1.82, 2.24) is 14.9 Å². The molecule has 0 atom stereocenters. The van der Waals surface area contributed by atoms with E-state index >= 15 is 0 Å². The first-order chi connectivity index (χ1) is 11.5. The number of nitrogens with zero attached hydrogens (tertiary/aromatic N) is 3. The Labute approximate surface area is 144 Å². The van der Waals surface area contributed by atoms with Gasteiger partial charge in [-0.1, -0.05) is 0 Å². The van der Waals surface area contributed by atoms with E-state index in [4.69, 9.17) is 4.74 Å². The summed E-state index contributed by atoms with van der Waals surface area (Å²) in [7, 11) is 4.15. The van der Waals surface area contributed by atoms with Crippen LogP contribution >= 0.6 is 0 Å². The highest BCUT2D eigenvalue weighted by molar-refractivity contribution is 5.55. The van der Waals surface area contributed by atoms with Gasteiger partial charge in [0.15, 0.2) is 0 Å². The van der Waals surface area contributed by atoms with Crippen molar-refractivity contribution in [1.29, 1.82) is 0 Å². The van der Waals surface area contributed by atoms with Crippen molar-refractivity contribution in [2.45, 2.75) is 26.4 Å². The number of hydrogen-bond donors (Lipinski definition) is 2. The molecule has 0 aliphatic carbocycles. The van der Waals surface area contributed by atoms with E-state index in [1.54, 1.807) is 6.20 Å². The molecule has 0 aliphatic heterocycles. The normalized spacial score (nSPS) is 10.9. The van der Waals surface area contributed by atoms with E-state index in [0.29, 0.717) is 5.95 Å². The third-order valence-corrected chi connectivity index (χ3v) is 3.23. The van der Waals surface area contributed by atoms with Crippen LogP contribution in [0.1, 0.15) is 20.3 Å². The smallest absolute Gasteiger partial charge is 0.229 e. The molecule has 0 amide bonds. The highest BCUT2D eigenvalue weighted by Gasteiger charge is 2.02. The predicted molar refractivity (Wildman–Crippen MR) is 99.2 cm³/mol. The van der Waals surface area contributed by atoms with Crippen LogP contribution in [-0.2, 0) is 0 Å². The second-order valence-corrected chi connectivity index (χ2v) is 6.17. The minimum absolute atomic E-state index is 0.169. The Morgan fingerprint density at radius 3 is 2.54 bits per heavy atom. The largest absolute Gasteiger partial charge is 0.491 e. The number of nitrogens with one attached hydrogen (secondary N) is 2. The molecule has 1 aromatic carbocycles. The van der Waals surface area contributed by atoms with Crippen LogP contribution in [0.25, 0.3) is 0 Å². The number of ether oxygens (including phenoxy) is 1. The fourth-order valence-corrected chi connectivity index (χ4v) is 2.15. The maximum atomic E-state index is 5.64. The summed E-state index contributed by atoms with van der Waals surface area (Å²) < 4.78 is 5.64. The molecule has 6 heteroatoms. The molecule has 2 rings (SSSR count). The van der Waals surface area contributed by atoms with Crippen molar-refractivity contribution < 1.29 is 4.74 Å². The van der Waals surface area contributed by atoms with E-state index < -0.39 is 0 Å². The van der Waals surface area contributed by atoms with Crippen LogP contribution in [0, 0.1) is 0 Å². The molecule has 0 bridgehead atoms. The van der Waals surface area contributed by atoms with Crippen LogP contribution in [0.3, 0.4) is 0 Å². The molecule has 0 saturated carbocycles. The van der Waals surface area contributed by atoms with Gasteiger partial charge < -0.3 is 20.3 Å². The summed E-state index contributed by atoms with van der Waals surface area (Å²) in [5.41, 5.74) is 0.927. The van der Waals surface area contributed by atoms with Crippen LogP contribution < -0.4 is 15.4 Å². The van der Waals surface area contributed by atoms with Gasteiger partial charge in [-0.05, 0) is 71.2 Å². The Hall–Kier alpha value is -2.34. The van der Waals surface area contributed by atoms with Crippen molar-refractivity contribution >= 4 is 17.5 Å². The average molecular weight is 329 g/mol. The second kappa shape index (κ2) is 9.08. The maximum absolute atomic E-state index is 5.64. The van der Waals surface area contributed by atoms with Crippen molar-refractivity contribution in [3.63, 3.8) is 0 Å². The zero-order valence-corrected chi connectivity index (χ0v) is 14.9. The highest BCUT2D eigenvalue weighted by atomic mass is 16.5. The lowest BCUT2D eigenvalue weighted by Gasteiger charge is -2.12. The molecule has 1 heterocycles. The fraction of sp³-hybridized carbons (Fsp3) is 0.444. The molecule has 130 valence electrons. The summed E-state index contributed by atoms with van der Waals surface area (Å²) in [6.45, 7) is 5.96. The lowest BCUT2D eigenvalue weighted by atomic mass is 10.3. The topological polar surface area (TPSA) is 62.3 Å². The first-order valence-electron chi connectivity index (χ1n) is 8.28. The zero-order valence-electron chi connectivity index (χ0n) is 14.9. The zero-order chi connectivity index (χ0) is 17.4. The van der Waals surface area contributed by atoms with Crippen LogP contribution in [0.2, 0.25) is 0 Å². The second-order valence-electron chi connectivity index (χ2n) is 6.17. The van der Waals surface area contributed by atoms with E-state index in [-0.39, 0.29) is 6.10 Å². The Balaban J connectivity index is 1.89.